The minimum atomic E-state index is 0.151. The van der Waals surface area contributed by atoms with Crippen LogP contribution in [0, 0.1) is 0 Å². The number of ether oxygens (including phenoxy) is 1. The number of hydrogen-bond acceptors (Lipinski definition) is 4. The summed E-state index contributed by atoms with van der Waals surface area (Å²) in [6.45, 7) is 9.49. The molecule has 0 radical (unpaired) electrons. The van der Waals surface area contributed by atoms with Crippen molar-refractivity contribution in [2.45, 2.75) is 26.8 Å². The van der Waals surface area contributed by atoms with Crippen LogP contribution >= 0.6 is 15.9 Å². The molecule has 0 aliphatic heterocycles. The van der Waals surface area contributed by atoms with E-state index in [1.165, 1.54) is 0 Å². The molecule has 0 aliphatic rings. The molecule has 0 fully saturated rings. The van der Waals surface area contributed by atoms with E-state index < -0.39 is 0 Å². The van der Waals surface area contributed by atoms with E-state index >= 15 is 0 Å². The van der Waals surface area contributed by atoms with E-state index in [2.05, 4.69) is 40.0 Å². The van der Waals surface area contributed by atoms with Crippen molar-refractivity contribution in [1.82, 2.24) is 10.2 Å². The minimum absolute atomic E-state index is 0.151. The summed E-state index contributed by atoms with van der Waals surface area (Å²) in [6.07, 6.45) is 1.14. The van der Waals surface area contributed by atoms with Gasteiger partial charge in [0.2, 0.25) is 0 Å². The van der Waals surface area contributed by atoms with Crippen LogP contribution < -0.4 is 10.1 Å². The Kier molecular flexibility index (Phi) is 7.95. The number of hydrogen-bond donors (Lipinski definition) is 2. The Morgan fingerprint density at radius 1 is 1.30 bits per heavy atom. The Morgan fingerprint density at radius 2 is 2.00 bits per heavy atom. The lowest BCUT2D eigenvalue weighted by Gasteiger charge is -2.17. The summed E-state index contributed by atoms with van der Waals surface area (Å²) in [5.74, 6) is 0.650. The molecule has 5 heteroatoms. The van der Waals surface area contributed by atoms with E-state index in [0.29, 0.717) is 10.2 Å². The van der Waals surface area contributed by atoms with Crippen LogP contribution in [0.25, 0.3) is 0 Å². The third-order valence-electron chi connectivity index (χ3n) is 3.36. The second kappa shape index (κ2) is 9.21. The molecule has 0 aromatic heterocycles. The summed E-state index contributed by atoms with van der Waals surface area (Å²) in [7, 11) is 1.56. The van der Waals surface area contributed by atoms with Crippen LogP contribution in [0.15, 0.2) is 16.6 Å². The first-order valence-electron chi connectivity index (χ1n) is 7.10. The molecule has 0 aliphatic carbocycles. The average molecular weight is 345 g/mol. The highest BCUT2D eigenvalue weighted by molar-refractivity contribution is 9.10. The van der Waals surface area contributed by atoms with Gasteiger partial charge in [-0.15, -0.1) is 0 Å². The van der Waals surface area contributed by atoms with Crippen molar-refractivity contribution in [3.8, 4) is 11.5 Å². The van der Waals surface area contributed by atoms with Crippen LogP contribution in [0.2, 0.25) is 0 Å². The van der Waals surface area contributed by atoms with Crippen molar-refractivity contribution < 1.29 is 9.84 Å². The molecule has 0 heterocycles. The molecule has 1 rings (SSSR count). The molecular weight excluding hydrogens is 320 g/mol. The number of methoxy groups -OCH3 is 1. The molecule has 0 saturated carbocycles. The fourth-order valence-electron chi connectivity index (χ4n) is 2.09. The van der Waals surface area contributed by atoms with Gasteiger partial charge in [-0.25, -0.2) is 0 Å². The van der Waals surface area contributed by atoms with Gasteiger partial charge >= 0.3 is 0 Å². The summed E-state index contributed by atoms with van der Waals surface area (Å²) >= 11 is 3.33. The number of phenolic OH excluding ortho intramolecular Hbond substituents is 1. The predicted octanol–water partition coefficient (Wildman–Crippen LogP) is 2.98. The molecule has 1 aromatic carbocycles. The van der Waals surface area contributed by atoms with Gasteiger partial charge in [-0.3, -0.25) is 0 Å². The first-order chi connectivity index (χ1) is 9.62. The molecule has 0 saturated heterocycles. The molecule has 0 atom stereocenters. The van der Waals surface area contributed by atoms with Crippen LogP contribution in [0.3, 0.4) is 0 Å². The van der Waals surface area contributed by atoms with Crippen molar-refractivity contribution in [2.24, 2.45) is 0 Å². The highest BCUT2D eigenvalue weighted by atomic mass is 79.9. The van der Waals surface area contributed by atoms with Crippen LogP contribution in [0.5, 0.6) is 11.5 Å². The summed E-state index contributed by atoms with van der Waals surface area (Å²) in [5.41, 5.74) is 1.09. The van der Waals surface area contributed by atoms with E-state index in [9.17, 15) is 5.11 Å². The number of nitrogens with zero attached hydrogens (tertiary/aromatic N) is 1. The van der Waals surface area contributed by atoms with E-state index in [4.69, 9.17) is 4.74 Å². The SMILES string of the molecule is CCN(CC)CCCNCc1cc(Br)c(O)c(OC)c1. The fraction of sp³-hybridized carbons (Fsp3) is 0.600. The predicted molar refractivity (Wildman–Crippen MR) is 86.5 cm³/mol. The maximum atomic E-state index is 9.75. The second-order valence-electron chi connectivity index (χ2n) is 4.69. The smallest absolute Gasteiger partial charge is 0.172 e. The van der Waals surface area contributed by atoms with Gasteiger partial charge < -0.3 is 20.1 Å². The lowest BCUT2D eigenvalue weighted by molar-refractivity contribution is 0.298. The third-order valence-corrected chi connectivity index (χ3v) is 3.96. The van der Waals surface area contributed by atoms with Gasteiger partial charge in [-0.05, 0) is 66.2 Å². The zero-order valence-electron chi connectivity index (χ0n) is 12.6. The van der Waals surface area contributed by atoms with E-state index in [0.717, 1.165) is 44.7 Å². The van der Waals surface area contributed by atoms with Crippen LogP contribution in [0.4, 0.5) is 0 Å². The quantitative estimate of drug-likeness (QED) is 0.676. The lowest BCUT2D eigenvalue weighted by atomic mass is 10.2. The standard InChI is InChI=1S/C15H25BrN2O2/c1-4-18(5-2)8-6-7-17-11-12-9-13(16)15(19)14(10-12)20-3/h9-10,17,19H,4-8,11H2,1-3H3. The number of nitrogens with one attached hydrogen (secondary N) is 1. The van der Waals surface area contributed by atoms with Gasteiger partial charge in [0.05, 0.1) is 11.6 Å². The highest BCUT2D eigenvalue weighted by Gasteiger charge is 2.08. The Hall–Kier alpha value is -0.780. The molecule has 114 valence electrons. The zero-order valence-corrected chi connectivity index (χ0v) is 14.2. The number of rotatable bonds is 9. The fourth-order valence-corrected chi connectivity index (χ4v) is 2.57. The van der Waals surface area contributed by atoms with Gasteiger partial charge in [0.15, 0.2) is 11.5 Å². The van der Waals surface area contributed by atoms with E-state index in [1.54, 1.807) is 7.11 Å². The van der Waals surface area contributed by atoms with Gasteiger partial charge in [0.1, 0.15) is 0 Å². The van der Waals surface area contributed by atoms with Gasteiger partial charge in [-0.1, -0.05) is 13.8 Å². The summed E-state index contributed by atoms with van der Waals surface area (Å²) in [4.78, 5) is 2.42. The highest BCUT2D eigenvalue weighted by Crippen LogP contribution is 2.35. The van der Waals surface area contributed by atoms with Gasteiger partial charge in [-0.2, -0.15) is 0 Å². The van der Waals surface area contributed by atoms with Crippen LogP contribution in [-0.4, -0.2) is 43.3 Å². The summed E-state index contributed by atoms with van der Waals surface area (Å²) in [6, 6.07) is 3.77. The second-order valence-corrected chi connectivity index (χ2v) is 5.54. The maximum absolute atomic E-state index is 9.75. The van der Waals surface area contributed by atoms with E-state index in [1.807, 2.05) is 12.1 Å². The van der Waals surface area contributed by atoms with Crippen molar-refractivity contribution in [3.63, 3.8) is 0 Å². The van der Waals surface area contributed by atoms with Crippen LogP contribution in [0.1, 0.15) is 25.8 Å². The normalized spacial score (nSPS) is 11.1. The number of aromatic hydroxyl groups is 1. The lowest BCUT2D eigenvalue weighted by Crippen LogP contribution is -2.27. The largest absolute Gasteiger partial charge is 0.503 e. The number of benzene rings is 1. The van der Waals surface area contributed by atoms with Crippen molar-refractivity contribution in [3.05, 3.63) is 22.2 Å². The Morgan fingerprint density at radius 3 is 2.60 bits per heavy atom. The van der Waals surface area contributed by atoms with Gasteiger partial charge in [0, 0.05) is 6.54 Å². The summed E-state index contributed by atoms with van der Waals surface area (Å²) < 4.78 is 5.80. The Labute approximate surface area is 130 Å². The number of halogens is 1. The molecule has 0 bridgehead atoms. The van der Waals surface area contributed by atoms with Crippen LogP contribution in [-0.2, 0) is 6.54 Å². The van der Waals surface area contributed by atoms with E-state index in [-0.39, 0.29) is 5.75 Å². The topological polar surface area (TPSA) is 44.7 Å². The molecule has 0 unspecified atom stereocenters. The molecule has 4 nitrogen and oxygen atoms in total. The van der Waals surface area contributed by atoms with Crippen molar-refractivity contribution in [1.29, 1.82) is 0 Å². The van der Waals surface area contributed by atoms with Crippen molar-refractivity contribution >= 4 is 15.9 Å². The molecular formula is C15H25BrN2O2. The first-order valence-corrected chi connectivity index (χ1v) is 7.90. The molecule has 1 aromatic rings. The zero-order chi connectivity index (χ0) is 15.0. The molecule has 20 heavy (non-hydrogen) atoms. The molecule has 2 N–H and O–H groups in total. The third kappa shape index (κ3) is 5.31. The molecule has 0 amide bonds. The summed E-state index contributed by atoms with van der Waals surface area (Å²) in [5, 5.41) is 13.2. The number of phenols is 1. The Balaban J connectivity index is 2.37. The van der Waals surface area contributed by atoms with Crippen molar-refractivity contribution in [2.75, 3.05) is 33.3 Å². The monoisotopic (exact) mass is 344 g/mol. The molecule has 0 spiro atoms. The maximum Gasteiger partial charge on any atom is 0.172 e. The first kappa shape index (κ1) is 17.3. The van der Waals surface area contributed by atoms with Gasteiger partial charge in [0.25, 0.3) is 0 Å². The minimum Gasteiger partial charge on any atom is -0.503 e. The average Bonchev–Trinajstić information content (AvgIpc) is 2.46. The Bertz CT molecular complexity index is 409.